The van der Waals surface area contributed by atoms with Crippen molar-refractivity contribution in [3.8, 4) is 5.88 Å². The lowest BCUT2D eigenvalue weighted by atomic mass is 10.2. The van der Waals surface area contributed by atoms with E-state index in [0.717, 1.165) is 4.90 Å². The first kappa shape index (κ1) is 15.2. The standard InChI is InChI=1S/C13H11ClF2N2O3/c1-20-12-6-10(21-17-12)13(19)18(7-11(15)16)9-4-2-3-8(14)5-9/h2-6,11H,7H2,1H3. The Morgan fingerprint density at radius 2 is 2.24 bits per heavy atom. The normalized spacial score (nSPS) is 10.7. The van der Waals surface area contributed by atoms with E-state index in [0.29, 0.717) is 5.02 Å². The Morgan fingerprint density at radius 3 is 2.81 bits per heavy atom. The van der Waals surface area contributed by atoms with Crippen LogP contribution < -0.4 is 9.64 Å². The summed E-state index contributed by atoms with van der Waals surface area (Å²) in [5, 5.41) is 3.80. The number of nitrogens with zero attached hydrogens (tertiary/aromatic N) is 2. The molecule has 0 saturated carbocycles. The maximum Gasteiger partial charge on any atom is 0.297 e. The Kier molecular flexibility index (Phi) is 4.74. The zero-order chi connectivity index (χ0) is 15.4. The van der Waals surface area contributed by atoms with Crippen LogP contribution in [0.4, 0.5) is 14.5 Å². The molecule has 0 fully saturated rings. The molecule has 0 spiro atoms. The molecule has 0 aliphatic heterocycles. The number of hydrogen-bond donors (Lipinski definition) is 0. The molecule has 1 aromatic heterocycles. The van der Waals surface area contributed by atoms with E-state index in [1.807, 2.05) is 0 Å². The maximum atomic E-state index is 12.7. The van der Waals surface area contributed by atoms with Gasteiger partial charge in [0.05, 0.1) is 19.7 Å². The second-order valence-electron chi connectivity index (χ2n) is 4.02. The Balaban J connectivity index is 2.33. The van der Waals surface area contributed by atoms with E-state index in [-0.39, 0.29) is 17.3 Å². The number of amides is 1. The SMILES string of the molecule is COc1cc(C(=O)N(CC(F)F)c2cccc(Cl)c2)on1. The van der Waals surface area contributed by atoms with E-state index < -0.39 is 18.9 Å². The van der Waals surface area contributed by atoms with E-state index >= 15 is 0 Å². The number of ether oxygens (including phenoxy) is 1. The molecule has 0 aliphatic rings. The summed E-state index contributed by atoms with van der Waals surface area (Å²) >= 11 is 5.82. The van der Waals surface area contributed by atoms with Crippen LogP contribution in [0.2, 0.25) is 5.02 Å². The molecule has 1 aromatic carbocycles. The lowest BCUT2D eigenvalue weighted by molar-refractivity contribution is 0.0911. The molecule has 0 atom stereocenters. The Labute approximate surface area is 124 Å². The fraction of sp³-hybridized carbons (Fsp3) is 0.231. The lowest BCUT2D eigenvalue weighted by Gasteiger charge is -2.21. The summed E-state index contributed by atoms with van der Waals surface area (Å²) in [4.78, 5) is 13.2. The van der Waals surface area contributed by atoms with Gasteiger partial charge in [-0.15, -0.1) is 0 Å². The lowest BCUT2D eigenvalue weighted by Crippen LogP contribution is -2.35. The van der Waals surface area contributed by atoms with E-state index in [4.69, 9.17) is 20.9 Å². The van der Waals surface area contributed by atoms with Crippen LogP contribution in [0.1, 0.15) is 10.6 Å². The molecule has 0 unspecified atom stereocenters. The highest BCUT2D eigenvalue weighted by atomic mass is 35.5. The monoisotopic (exact) mass is 316 g/mol. The minimum atomic E-state index is -2.71. The van der Waals surface area contributed by atoms with Crippen LogP contribution in [0.3, 0.4) is 0 Å². The van der Waals surface area contributed by atoms with Gasteiger partial charge >= 0.3 is 0 Å². The van der Waals surface area contributed by atoms with Gasteiger partial charge < -0.3 is 9.26 Å². The van der Waals surface area contributed by atoms with Gasteiger partial charge in [0.1, 0.15) is 0 Å². The van der Waals surface area contributed by atoms with Gasteiger partial charge in [0.25, 0.3) is 18.2 Å². The fourth-order valence-corrected chi connectivity index (χ4v) is 1.86. The van der Waals surface area contributed by atoms with Crippen molar-refractivity contribution < 1.29 is 22.8 Å². The molecular formula is C13H11ClF2N2O3. The number of carbonyl (C=O) groups is 1. The van der Waals surface area contributed by atoms with Gasteiger partial charge in [0.15, 0.2) is 0 Å². The van der Waals surface area contributed by atoms with Crippen LogP contribution >= 0.6 is 11.6 Å². The number of hydrogen-bond acceptors (Lipinski definition) is 4. The third kappa shape index (κ3) is 3.69. The summed E-state index contributed by atoms with van der Waals surface area (Å²) < 4.78 is 35.0. The van der Waals surface area contributed by atoms with Crippen LogP contribution in [0.25, 0.3) is 0 Å². The minimum absolute atomic E-state index is 0.0847. The van der Waals surface area contributed by atoms with Gasteiger partial charge in [-0.3, -0.25) is 9.69 Å². The number of aromatic nitrogens is 1. The third-order valence-corrected chi connectivity index (χ3v) is 2.83. The fourth-order valence-electron chi connectivity index (χ4n) is 1.68. The number of methoxy groups -OCH3 is 1. The quantitative estimate of drug-likeness (QED) is 0.849. The molecule has 2 aromatic rings. The number of benzene rings is 1. The highest BCUT2D eigenvalue weighted by Crippen LogP contribution is 2.23. The predicted octanol–water partition coefficient (Wildman–Crippen LogP) is 3.25. The second kappa shape index (κ2) is 6.53. The van der Waals surface area contributed by atoms with E-state index in [1.54, 1.807) is 12.1 Å². The molecule has 0 N–H and O–H groups in total. The summed E-state index contributed by atoms with van der Waals surface area (Å²) in [6.45, 7) is -0.789. The molecule has 0 saturated heterocycles. The average Bonchev–Trinajstić information content (AvgIpc) is 2.92. The van der Waals surface area contributed by atoms with Crippen molar-refractivity contribution in [3.05, 3.63) is 41.1 Å². The molecule has 112 valence electrons. The summed E-state index contributed by atoms with van der Waals surface area (Å²) in [6, 6.07) is 7.28. The number of rotatable bonds is 5. The van der Waals surface area contributed by atoms with E-state index in [2.05, 4.69) is 5.16 Å². The van der Waals surface area contributed by atoms with Crippen molar-refractivity contribution >= 4 is 23.2 Å². The zero-order valence-corrected chi connectivity index (χ0v) is 11.7. The first-order valence-electron chi connectivity index (χ1n) is 5.87. The smallest absolute Gasteiger partial charge is 0.297 e. The van der Waals surface area contributed by atoms with Gasteiger partial charge in [-0.25, -0.2) is 8.78 Å². The first-order chi connectivity index (χ1) is 10.0. The van der Waals surface area contributed by atoms with Crippen LogP contribution in [0.15, 0.2) is 34.9 Å². The van der Waals surface area contributed by atoms with Gasteiger partial charge in [0.2, 0.25) is 5.76 Å². The van der Waals surface area contributed by atoms with Crippen LogP contribution in [0, 0.1) is 0 Å². The molecule has 21 heavy (non-hydrogen) atoms. The molecule has 0 radical (unpaired) electrons. The van der Waals surface area contributed by atoms with Crippen molar-refractivity contribution in [3.63, 3.8) is 0 Å². The molecule has 0 bridgehead atoms. The maximum absolute atomic E-state index is 12.7. The van der Waals surface area contributed by atoms with Crippen molar-refractivity contribution in [1.82, 2.24) is 5.16 Å². The van der Waals surface area contributed by atoms with Gasteiger partial charge in [-0.05, 0) is 23.4 Å². The van der Waals surface area contributed by atoms with E-state index in [9.17, 15) is 13.6 Å². The topological polar surface area (TPSA) is 55.6 Å². The molecular weight excluding hydrogens is 306 g/mol. The number of alkyl halides is 2. The van der Waals surface area contributed by atoms with Gasteiger partial charge in [-0.2, -0.15) is 0 Å². The average molecular weight is 317 g/mol. The summed E-state index contributed by atoms with van der Waals surface area (Å²) in [5.74, 6) is -0.873. The summed E-state index contributed by atoms with van der Waals surface area (Å²) in [5.41, 5.74) is 0.239. The Bertz CT molecular complexity index is 633. The van der Waals surface area contributed by atoms with Crippen LogP contribution in [-0.4, -0.2) is 31.1 Å². The summed E-state index contributed by atoms with van der Waals surface area (Å²) in [6.07, 6.45) is -2.71. The Morgan fingerprint density at radius 1 is 1.48 bits per heavy atom. The number of carbonyl (C=O) groups excluding carboxylic acids is 1. The van der Waals surface area contributed by atoms with Gasteiger partial charge in [0, 0.05) is 10.7 Å². The second-order valence-corrected chi connectivity index (χ2v) is 4.46. The van der Waals surface area contributed by atoms with Crippen LogP contribution in [0.5, 0.6) is 5.88 Å². The molecule has 1 heterocycles. The largest absolute Gasteiger partial charge is 0.479 e. The molecule has 2 rings (SSSR count). The highest BCUT2D eigenvalue weighted by Gasteiger charge is 2.25. The van der Waals surface area contributed by atoms with Crippen molar-refractivity contribution in [1.29, 1.82) is 0 Å². The molecule has 8 heteroatoms. The van der Waals surface area contributed by atoms with Gasteiger partial charge in [-0.1, -0.05) is 17.7 Å². The van der Waals surface area contributed by atoms with E-state index in [1.165, 1.54) is 25.3 Å². The number of anilines is 1. The first-order valence-corrected chi connectivity index (χ1v) is 6.25. The predicted molar refractivity (Wildman–Crippen MR) is 72.2 cm³/mol. The number of halogens is 3. The molecule has 0 aliphatic carbocycles. The zero-order valence-electron chi connectivity index (χ0n) is 10.9. The summed E-state index contributed by atoms with van der Waals surface area (Å²) in [7, 11) is 1.35. The molecule has 5 nitrogen and oxygen atoms in total. The van der Waals surface area contributed by atoms with Crippen molar-refractivity contribution in [2.24, 2.45) is 0 Å². The minimum Gasteiger partial charge on any atom is -0.479 e. The third-order valence-electron chi connectivity index (χ3n) is 2.59. The Hall–Kier alpha value is -2.15. The van der Waals surface area contributed by atoms with Crippen molar-refractivity contribution in [2.45, 2.75) is 6.43 Å². The molecule has 1 amide bonds. The van der Waals surface area contributed by atoms with Crippen molar-refractivity contribution in [2.75, 3.05) is 18.6 Å². The highest BCUT2D eigenvalue weighted by molar-refractivity contribution is 6.31. The van der Waals surface area contributed by atoms with Crippen LogP contribution in [-0.2, 0) is 0 Å².